The van der Waals surface area contributed by atoms with E-state index in [4.69, 9.17) is 4.74 Å². The Labute approximate surface area is 95.9 Å². The molecule has 2 aliphatic heterocycles. The van der Waals surface area contributed by atoms with Crippen LogP contribution < -0.4 is 0 Å². The van der Waals surface area contributed by atoms with Crippen molar-refractivity contribution in [2.24, 2.45) is 5.41 Å². The van der Waals surface area contributed by atoms with E-state index in [9.17, 15) is 9.59 Å². The molecule has 90 valence electrons. The first-order valence-electron chi connectivity index (χ1n) is 5.88. The largest absolute Gasteiger partial charge is 0.447 e. The van der Waals surface area contributed by atoms with E-state index in [0.717, 1.165) is 12.8 Å². The van der Waals surface area contributed by atoms with Crippen LogP contribution >= 0.6 is 0 Å². The van der Waals surface area contributed by atoms with E-state index >= 15 is 0 Å². The summed E-state index contributed by atoms with van der Waals surface area (Å²) in [5.41, 5.74) is -0.318. The van der Waals surface area contributed by atoms with Crippen molar-refractivity contribution >= 4 is 11.9 Å². The van der Waals surface area contributed by atoms with Gasteiger partial charge in [0.1, 0.15) is 12.4 Å². The molecular weight excluding hydrogens is 206 g/mol. The zero-order chi connectivity index (χ0) is 11.9. The van der Waals surface area contributed by atoms with Crippen molar-refractivity contribution < 1.29 is 14.3 Å². The average Bonchev–Trinajstić information content (AvgIpc) is 2.70. The lowest BCUT2D eigenvalue weighted by molar-refractivity contribution is -0.127. The first-order valence-corrected chi connectivity index (χ1v) is 5.88. The third-order valence-corrected chi connectivity index (χ3v) is 3.49. The Hall–Kier alpha value is -1.06. The average molecular weight is 225 g/mol. The number of amides is 1. The summed E-state index contributed by atoms with van der Waals surface area (Å²) in [6, 6.07) is 0.275. The number of rotatable bonds is 2. The van der Waals surface area contributed by atoms with Gasteiger partial charge in [0.25, 0.3) is 0 Å². The number of hydrogen-bond acceptors (Lipinski definition) is 3. The summed E-state index contributed by atoms with van der Waals surface area (Å²) in [6.45, 7) is 6.26. The standard InChI is InChI=1S/C12H19NO3/c1-12(2,3)10(14)6-8-4-5-9-7-16-11(15)13(8)9/h8-9H,4-7H2,1-3H3/t8-,9-/m0/s1. The number of fused-ring (bicyclic) bond motifs is 1. The zero-order valence-electron chi connectivity index (χ0n) is 10.2. The van der Waals surface area contributed by atoms with Crippen molar-refractivity contribution in [1.29, 1.82) is 0 Å². The quantitative estimate of drug-likeness (QED) is 0.722. The molecule has 0 aromatic rings. The highest BCUT2D eigenvalue weighted by atomic mass is 16.6. The molecule has 0 radical (unpaired) electrons. The van der Waals surface area contributed by atoms with Crippen molar-refractivity contribution in [3.63, 3.8) is 0 Å². The molecule has 4 nitrogen and oxygen atoms in total. The van der Waals surface area contributed by atoms with Crippen LogP contribution in [0.4, 0.5) is 4.79 Å². The van der Waals surface area contributed by atoms with Crippen molar-refractivity contribution in [3.8, 4) is 0 Å². The zero-order valence-corrected chi connectivity index (χ0v) is 10.2. The van der Waals surface area contributed by atoms with Gasteiger partial charge in [-0.15, -0.1) is 0 Å². The number of carbonyl (C=O) groups excluding carboxylic acids is 2. The topological polar surface area (TPSA) is 46.6 Å². The fourth-order valence-electron chi connectivity index (χ4n) is 2.39. The summed E-state index contributed by atoms with van der Waals surface area (Å²) in [7, 11) is 0. The van der Waals surface area contributed by atoms with Crippen LogP contribution in [0.1, 0.15) is 40.0 Å². The highest BCUT2D eigenvalue weighted by molar-refractivity contribution is 5.85. The molecule has 2 fully saturated rings. The van der Waals surface area contributed by atoms with Crippen LogP contribution in [0.25, 0.3) is 0 Å². The number of hydrogen-bond donors (Lipinski definition) is 0. The molecule has 0 spiro atoms. The molecule has 0 unspecified atom stereocenters. The van der Waals surface area contributed by atoms with Crippen LogP contribution in [0, 0.1) is 5.41 Å². The molecule has 2 atom stereocenters. The second-order valence-electron chi connectivity index (χ2n) is 5.75. The van der Waals surface area contributed by atoms with E-state index in [1.54, 1.807) is 4.90 Å². The highest BCUT2D eigenvalue weighted by Crippen LogP contribution is 2.33. The van der Waals surface area contributed by atoms with Gasteiger partial charge in [0.05, 0.1) is 6.04 Å². The molecule has 1 amide bonds. The normalized spacial score (nSPS) is 29.2. The Morgan fingerprint density at radius 2 is 2.12 bits per heavy atom. The minimum absolute atomic E-state index is 0.0618. The smallest absolute Gasteiger partial charge is 0.410 e. The van der Waals surface area contributed by atoms with Gasteiger partial charge in [-0.1, -0.05) is 20.8 Å². The van der Waals surface area contributed by atoms with Gasteiger partial charge in [0.15, 0.2) is 0 Å². The van der Waals surface area contributed by atoms with E-state index in [0.29, 0.717) is 13.0 Å². The third-order valence-electron chi connectivity index (χ3n) is 3.49. The van der Waals surface area contributed by atoms with Crippen LogP contribution in [0.15, 0.2) is 0 Å². The molecular formula is C12H19NO3. The molecule has 0 N–H and O–H groups in total. The Morgan fingerprint density at radius 3 is 2.75 bits per heavy atom. The van der Waals surface area contributed by atoms with Gasteiger partial charge in [0, 0.05) is 17.9 Å². The molecule has 4 heteroatoms. The number of Topliss-reactive ketones (excluding diaryl/α,β-unsaturated/α-hetero) is 1. The maximum atomic E-state index is 11.9. The Balaban J connectivity index is 2.01. The van der Waals surface area contributed by atoms with Gasteiger partial charge < -0.3 is 4.74 Å². The van der Waals surface area contributed by atoms with Gasteiger partial charge in [0.2, 0.25) is 0 Å². The van der Waals surface area contributed by atoms with Gasteiger partial charge in [-0.25, -0.2) is 4.79 Å². The van der Waals surface area contributed by atoms with Crippen LogP contribution in [0.5, 0.6) is 0 Å². The maximum absolute atomic E-state index is 11.9. The number of cyclic esters (lactones) is 1. The minimum atomic E-state index is -0.318. The molecule has 0 aromatic heterocycles. The number of ether oxygens (including phenoxy) is 1. The fourth-order valence-corrected chi connectivity index (χ4v) is 2.39. The third kappa shape index (κ3) is 1.93. The monoisotopic (exact) mass is 225 g/mol. The van der Waals surface area contributed by atoms with Crippen LogP contribution in [-0.4, -0.2) is 35.5 Å². The molecule has 2 rings (SSSR count). The predicted octanol–water partition coefficient (Wildman–Crippen LogP) is 1.97. The SMILES string of the molecule is CC(C)(C)C(=O)C[C@@H]1CC[C@H]2COC(=O)N21. The Kier molecular flexibility index (Phi) is 2.68. The van der Waals surface area contributed by atoms with E-state index in [-0.39, 0.29) is 29.4 Å². The molecule has 2 saturated heterocycles. The van der Waals surface area contributed by atoms with E-state index in [1.165, 1.54) is 0 Å². The number of nitrogens with zero attached hydrogens (tertiary/aromatic N) is 1. The summed E-state index contributed by atoms with van der Waals surface area (Å²) in [5, 5.41) is 0. The fraction of sp³-hybridized carbons (Fsp3) is 0.833. The van der Waals surface area contributed by atoms with Crippen molar-refractivity contribution in [1.82, 2.24) is 4.90 Å². The van der Waals surface area contributed by atoms with Crippen LogP contribution in [-0.2, 0) is 9.53 Å². The summed E-state index contributed by atoms with van der Waals surface area (Å²) in [4.78, 5) is 25.2. The number of carbonyl (C=O) groups is 2. The summed E-state index contributed by atoms with van der Waals surface area (Å²) < 4.78 is 4.99. The lowest BCUT2D eigenvalue weighted by Crippen LogP contribution is -2.38. The second kappa shape index (κ2) is 3.75. The summed E-state index contributed by atoms with van der Waals surface area (Å²) in [5.74, 6) is 0.220. The van der Waals surface area contributed by atoms with Gasteiger partial charge in [-0.3, -0.25) is 9.69 Å². The van der Waals surface area contributed by atoms with E-state index < -0.39 is 0 Å². The van der Waals surface area contributed by atoms with Crippen molar-refractivity contribution in [2.75, 3.05) is 6.61 Å². The molecule has 2 heterocycles. The van der Waals surface area contributed by atoms with E-state index in [2.05, 4.69) is 0 Å². The molecule has 0 bridgehead atoms. The molecule has 16 heavy (non-hydrogen) atoms. The second-order valence-corrected chi connectivity index (χ2v) is 5.75. The van der Waals surface area contributed by atoms with Gasteiger partial charge >= 0.3 is 6.09 Å². The molecule has 0 aromatic carbocycles. The van der Waals surface area contributed by atoms with Gasteiger partial charge in [-0.05, 0) is 12.8 Å². The summed E-state index contributed by atoms with van der Waals surface area (Å²) >= 11 is 0. The minimum Gasteiger partial charge on any atom is -0.447 e. The first kappa shape index (κ1) is 11.4. The Morgan fingerprint density at radius 1 is 1.44 bits per heavy atom. The van der Waals surface area contributed by atoms with E-state index in [1.807, 2.05) is 20.8 Å². The molecule has 2 aliphatic rings. The van der Waals surface area contributed by atoms with Crippen molar-refractivity contribution in [2.45, 2.75) is 52.1 Å². The molecule has 0 saturated carbocycles. The van der Waals surface area contributed by atoms with Crippen LogP contribution in [0.2, 0.25) is 0 Å². The first-order chi connectivity index (χ1) is 7.39. The van der Waals surface area contributed by atoms with Gasteiger partial charge in [-0.2, -0.15) is 0 Å². The van der Waals surface area contributed by atoms with Crippen LogP contribution in [0.3, 0.4) is 0 Å². The number of ketones is 1. The highest BCUT2D eigenvalue weighted by Gasteiger charge is 2.44. The predicted molar refractivity (Wildman–Crippen MR) is 59.1 cm³/mol. The lowest BCUT2D eigenvalue weighted by Gasteiger charge is -2.24. The molecule has 0 aliphatic carbocycles. The summed E-state index contributed by atoms with van der Waals surface area (Å²) in [6.07, 6.45) is 2.12. The van der Waals surface area contributed by atoms with Crippen molar-refractivity contribution in [3.05, 3.63) is 0 Å². The maximum Gasteiger partial charge on any atom is 0.410 e. The Bertz CT molecular complexity index is 319. The lowest BCUT2D eigenvalue weighted by atomic mass is 9.86.